The molecule has 0 saturated carbocycles. The van der Waals surface area contributed by atoms with Crippen molar-refractivity contribution in [2.75, 3.05) is 0 Å². The molecule has 3 N–H and O–H groups in total. The van der Waals surface area contributed by atoms with Crippen molar-refractivity contribution in [2.24, 2.45) is 0 Å². The zero-order chi connectivity index (χ0) is 18.7. The first-order valence-corrected chi connectivity index (χ1v) is 9.00. The number of hydrogen-bond acceptors (Lipinski definition) is 7. The van der Waals surface area contributed by atoms with Gasteiger partial charge >= 0.3 is 0 Å². The topological polar surface area (TPSA) is 114 Å². The van der Waals surface area contributed by atoms with Gasteiger partial charge in [0.15, 0.2) is 11.9 Å². The molecule has 1 aromatic carbocycles. The zero-order valence-corrected chi connectivity index (χ0v) is 14.7. The molecule has 8 nitrogen and oxygen atoms in total. The quantitative estimate of drug-likeness (QED) is 0.620. The monoisotopic (exact) mass is 368 g/mol. The van der Waals surface area contributed by atoms with Crippen LogP contribution in [0, 0.1) is 6.92 Å². The van der Waals surface area contributed by atoms with Crippen LogP contribution in [-0.2, 0) is 17.6 Å². The van der Waals surface area contributed by atoms with Crippen LogP contribution in [0.5, 0.6) is 0 Å². The lowest BCUT2D eigenvalue weighted by molar-refractivity contribution is -0.0850. The van der Waals surface area contributed by atoms with Crippen LogP contribution in [0.25, 0.3) is 11.2 Å². The number of ether oxygens (including phenoxy) is 1. The van der Waals surface area contributed by atoms with Crippen LogP contribution in [0.3, 0.4) is 0 Å². The average molecular weight is 368 g/mol. The molecule has 2 aromatic heterocycles. The van der Waals surface area contributed by atoms with E-state index in [1.165, 1.54) is 23.8 Å². The molecule has 1 saturated heterocycles. The number of nitrogens with zero attached hydrogens (tertiary/aromatic N) is 4. The molecule has 8 heteroatoms. The van der Waals surface area contributed by atoms with E-state index in [1.807, 2.05) is 25.1 Å². The van der Waals surface area contributed by atoms with E-state index in [0.29, 0.717) is 22.4 Å². The van der Waals surface area contributed by atoms with Crippen molar-refractivity contribution in [3.05, 3.63) is 53.2 Å². The van der Waals surface area contributed by atoms with Crippen LogP contribution in [0.15, 0.2) is 30.9 Å². The summed E-state index contributed by atoms with van der Waals surface area (Å²) in [4.78, 5) is 12.6. The van der Waals surface area contributed by atoms with E-state index in [-0.39, 0.29) is 0 Å². The molecule has 3 heterocycles. The van der Waals surface area contributed by atoms with Crippen molar-refractivity contribution in [1.82, 2.24) is 19.5 Å². The lowest BCUT2D eigenvalue weighted by atomic mass is 9.85. The molecule has 0 unspecified atom stereocenters. The molecule has 5 rings (SSSR count). The van der Waals surface area contributed by atoms with E-state index in [0.717, 1.165) is 12.8 Å². The van der Waals surface area contributed by atoms with Crippen LogP contribution in [0.4, 0.5) is 0 Å². The Hall–Kier alpha value is -2.39. The van der Waals surface area contributed by atoms with Crippen molar-refractivity contribution in [3.63, 3.8) is 0 Å². The van der Waals surface area contributed by atoms with Crippen molar-refractivity contribution in [3.8, 4) is 0 Å². The van der Waals surface area contributed by atoms with Gasteiger partial charge in [-0.1, -0.05) is 18.2 Å². The third-order valence-electron chi connectivity index (χ3n) is 5.64. The van der Waals surface area contributed by atoms with E-state index in [9.17, 15) is 15.3 Å². The maximum absolute atomic E-state index is 10.8. The number of fused-ring (bicyclic) bond motifs is 2. The van der Waals surface area contributed by atoms with Gasteiger partial charge in [0.25, 0.3) is 0 Å². The van der Waals surface area contributed by atoms with E-state index in [2.05, 4.69) is 15.0 Å². The van der Waals surface area contributed by atoms with E-state index >= 15 is 0 Å². The van der Waals surface area contributed by atoms with Crippen LogP contribution in [0.1, 0.15) is 34.7 Å². The highest BCUT2D eigenvalue weighted by atomic mass is 16.6. The van der Waals surface area contributed by atoms with Gasteiger partial charge in [0.05, 0.1) is 12.0 Å². The first-order chi connectivity index (χ1) is 13.0. The van der Waals surface area contributed by atoms with Gasteiger partial charge in [-0.2, -0.15) is 0 Å². The first-order valence-electron chi connectivity index (χ1n) is 9.00. The minimum absolute atomic E-state index is 0.509. The van der Waals surface area contributed by atoms with E-state index in [1.54, 1.807) is 4.57 Å². The molecule has 1 fully saturated rings. The Labute approximate surface area is 155 Å². The van der Waals surface area contributed by atoms with E-state index < -0.39 is 30.6 Å². The molecule has 0 radical (unpaired) electrons. The second-order valence-electron chi connectivity index (χ2n) is 7.23. The number of aliphatic hydroxyl groups excluding tert-OH is 3. The fourth-order valence-electron chi connectivity index (χ4n) is 3.92. The third kappa shape index (κ3) is 2.49. The predicted molar refractivity (Wildman–Crippen MR) is 94.8 cm³/mol. The Morgan fingerprint density at radius 2 is 1.93 bits per heavy atom. The summed E-state index contributed by atoms with van der Waals surface area (Å²) in [5.74, 6) is 0. The number of hydrogen-bond donors (Lipinski definition) is 3. The summed E-state index contributed by atoms with van der Waals surface area (Å²) in [7, 11) is 0. The van der Waals surface area contributed by atoms with Crippen LogP contribution in [-0.4, -0.2) is 53.2 Å². The lowest BCUT2D eigenvalue weighted by Gasteiger charge is -2.25. The van der Waals surface area contributed by atoms with Gasteiger partial charge in [0.1, 0.15) is 36.3 Å². The SMILES string of the molecule is Cc1ncnc2c1ncn2[C@@H]1O[C@H]([C@H](O)c2ccc3c(c2)CC3)[C@@H](O)[C@H]1O. The first kappa shape index (κ1) is 16.8. The summed E-state index contributed by atoms with van der Waals surface area (Å²) >= 11 is 0. The summed E-state index contributed by atoms with van der Waals surface area (Å²) in [5.41, 5.74) is 5.01. The maximum atomic E-state index is 10.8. The second kappa shape index (κ2) is 6.07. The fraction of sp³-hybridized carbons (Fsp3) is 0.421. The van der Waals surface area contributed by atoms with Gasteiger partial charge < -0.3 is 20.1 Å². The molecule has 1 aliphatic carbocycles. The van der Waals surface area contributed by atoms with Crippen molar-refractivity contribution in [2.45, 2.75) is 50.4 Å². The summed E-state index contributed by atoms with van der Waals surface area (Å²) < 4.78 is 7.47. The van der Waals surface area contributed by atoms with Gasteiger partial charge in [-0.25, -0.2) is 15.0 Å². The molecular weight excluding hydrogens is 348 g/mol. The number of rotatable bonds is 3. The Bertz CT molecular complexity index is 1020. The number of aryl methyl sites for hydroxylation is 3. The summed E-state index contributed by atoms with van der Waals surface area (Å²) in [6.45, 7) is 1.82. The largest absolute Gasteiger partial charge is 0.387 e. The summed E-state index contributed by atoms with van der Waals surface area (Å²) in [5, 5.41) is 31.9. The Kier molecular flexibility index (Phi) is 3.76. The van der Waals surface area contributed by atoms with Crippen LogP contribution in [0.2, 0.25) is 0 Å². The van der Waals surface area contributed by atoms with Crippen molar-refractivity contribution < 1.29 is 20.1 Å². The zero-order valence-electron chi connectivity index (χ0n) is 14.7. The predicted octanol–water partition coefficient (Wildman–Crippen LogP) is 0.586. The smallest absolute Gasteiger partial charge is 0.165 e. The van der Waals surface area contributed by atoms with Gasteiger partial charge in [0, 0.05) is 0 Å². The second-order valence-corrected chi connectivity index (χ2v) is 7.23. The minimum Gasteiger partial charge on any atom is -0.387 e. The molecular formula is C19H20N4O4. The van der Waals surface area contributed by atoms with Gasteiger partial charge in [0.2, 0.25) is 0 Å². The van der Waals surface area contributed by atoms with Crippen molar-refractivity contribution in [1.29, 1.82) is 0 Å². The lowest BCUT2D eigenvalue weighted by Crippen LogP contribution is -2.35. The Morgan fingerprint density at radius 1 is 1.11 bits per heavy atom. The maximum Gasteiger partial charge on any atom is 0.165 e. The normalized spacial score (nSPS) is 28.1. The van der Waals surface area contributed by atoms with Crippen LogP contribution >= 0.6 is 0 Å². The van der Waals surface area contributed by atoms with Crippen molar-refractivity contribution >= 4 is 11.2 Å². The van der Waals surface area contributed by atoms with E-state index in [4.69, 9.17) is 4.74 Å². The summed E-state index contributed by atoms with van der Waals surface area (Å²) in [6.07, 6.45) is -0.375. The van der Waals surface area contributed by atoms with Gasteiger partial charge in [-0.15, -0.1) is 0 Å². The number of imidazole rings is 1. The fourth-order valence-corrected chi connectivity index (χ4v) is 3.92. The molecule has 0 bridgehead atoms. The molecule has 140 valence electrons. The highest BCUT2D eigenvalue weighted by Gasteiger charge is 2.47. The van der Waals surface area contributed by atoms with Crippen LogP contribution < -0.4 is 0 Å². The number of aliphatic hydroxyl groups is 3. The third-order valence-corrected chi connectivity index (χ3v) is 5.64. The highest BCUT2D eigenvalue weighted by molar-refractivity contribution is 5.72. The summed E-state index contributed by atoms with van der Waals surface area (Å²) in [6, 6.07) is 5.79. The average Bonchev–Trinajstić information content (AvgIpc) is 3.19. The molecule has 2 aliphatic rings. The molecule has 5 atom stereocenters. The Balaban J connectivity index is 1.46. The molecule has 0 amide bonds. The number of aromatic nitrogens is 4. The molecule has 27 heavy (non-hydrogen) atoms. The number of benzene rings is 1. The van der Waals surface area contributed by atoms with Gasteiger partial charge in [-0.3, -0.25) is 4.57 Å². The molecule has 1 aliphatic heterocycles. The highest BCUT2D eigenvalue weighted by Crippen LogP contribution is 2.38. The molecule has 0 spiro atoms. The minimum atomic E-state index is -1.24. The standard InChI is InChI=1S/C19H20N4O4/c1-9-13-18(21-7-20-9)23(8-22-13)19-16(26)15(25)17(27-19)14(24)12-5-3-10-2-4-11(10)6-12/h3,5-8,14-17,19,24-26H,2,4H2,1H3/t14-,15+,16-,17-,19-/m1/s1. The molecule has 3 aromatic rings. The Morgan fingerprint density at radius 3 is 2.67 bits per heavy atom. The van der Waals surface area contributed by atoms with Gasteiger partial charge in [-0.05, 0) is 36.5 Å².